The topological polar surface area (TPSA) is 94.0 Å². The van der Waals surface area contributed by atoms with Crippen LogP contribution in [0.4, 0.5) is 0 Å². The van der Waals surface area contributed by atoms with Crippen LogP contribution in [0.25, 0.3) is 23.0 Å². The molecule has 0 saturated carbocycles. The number of thiocarbonyl (C=S) groups is 1. The number of benzene rings is 3. The van der Waals surface area contributed by atoms with Crippen LogP contribution in [0, 0.1) is 0 Å². The molecule has 0 atom stereocenters. The number of amides is 1. The van der Waals surface area contributed by atoms with Crippen molar-refractivity contribution in [2.45, 2.75) is 24.2 Å². The molecule has 4 aromatic rings. The second-order valence-electron chi connectivity index (χ2n) is 10.6. The van der Waals surface area contributed by atoms with Crippen molar-refractivity contribution >= 4 is 50.3 Å². The van der Waals surface area contributed by atoms with Gasteiger partial charge in [0.15, 0.2) is 11.5 Å². The second-order valence-corrected chi connectivity index (χ2v) is 14.2. The van der Waals surface area contributed by atoms with Crippen LogP contribution in [0.3, 0.4) is 0 Å². The average molecular weight is 661 g/mol. The summed E-state index contributed by atoms with van der Waals surface area (Å²) in [4.78, 5) is 15.9. The predicted octanol–water partition coefficient (Wildman–Crippen LogP) is 5.78. The maximum Gasteiger partial charge on any atom is 0.266 e. The molecule has 1 amide bonds. The van der Waals surface area contributed by atoms with Gasteiger partial charge in [0.1, 0.15) is 10.0 Å². The number of thioether (sulfide) groups is 1. The second kappa shape index (κ2) is 13.2. The van der Waals surface area contributed by atoms with Crippen LogP contribution < -0.4 is 9.47 Å². The molecular formula is C33H32N4O5S3. The van der Waals surface area contributed by atoms with Crippen LogP contribution in [-0.4, -0.2) is 71.5 Å². The lowest BCUT2D eigenvalue weighted by Gasteiger charge is -2.16. The van der Waals surface area contributed by atoms with Gasteiger partial charge in [0.2, 0.25) is 10.0 Å². The number of aromatic nitrogens is 2. The number of carbonyl (C=O) groups is 1. The molecule has 45 heavy (non-hydrogen) atoms. The lowest BCUT2D eigenvalue weighted by molar-refractivity contribution is -0.122. The third kappa shape index (κ3) is 6.41. The van der Waals surface area contributed by atoms with E-state index in [1.54, 1.807) is 48.1 Å². The van der Waals surface area contributed by atoms with E-state index in [0.717, 1.165) is 24.1 Å². The van der Waals surface area contributed by atoms with E-state index >= 15 is 0 Å². The maximum absolute atomic E-state index is 13.6. The van der Waals surface area contributed by atoms with Crippen molar-refractivity contribution in [2.75, 3.05) is 33.9 Å². The first-order valence-corrected chi connectivity index (χ1v) is 17.2. The third-order valence-electron chi connectivity index (χ3n) is 7.81. The van der Waals surface area contributed by atoms with Gasteiger partial charge in [0.25, 0.3) is 5.91 Å². The van der Waals surface area contributed by atoms with E-state index in [4.69, 9.17) is 26.8 Å². The van der Waals surface area contributed by atoms with E-state index in [1.165, 1.54) is 16.1 Å². The zero-order chi connectivity index (χ0) is 31.6. The lowest BCUT2D eigenvalue weighted by Crippen LogP contribution is -2.30. The molecule has 2 aliphatic heterocycles. The van der Waals surface area contributed by atoms with Crippen molar-refractivity contribution in [1.82, 2.24) is 19.0 Å². The molecule has 9 nitrogen and oxygen atoms in total. The Kier molecular flexibility index (Phi) is 9.09. The molecule has 0 spiro atoms. The third-order valence-corrected chi connectivity index (χ3v) is 11.1. The minimum absolute atomic E-state index is 0.186. The van der Waals surface area contributed by atoms with Crippen LogP contribution >= 0.6 is 24.0 Å². The Labute approximate surface area is 272 Å². The number of ether oxygens (including phenoxy) is 2. The quantitative estimate of drug-likeness (QED) is 0.156. The van der Waals surface area contributed by atoms with Crippen molar-refractivity contribution in [3.8, 4) is 28.4 Å². The zero-order valence-electron chi connectivity index (χ0n) is 24.9. The zero-order valence-corrected chi connectivity index (χ0v) is 27.3. The summed E-state index contributed by atoms with van der Waals surface area (Å²) in [6.45, 7) is 1.45. The fraction of sp³-hybridized carbons (Fsp3) is 0.242. The molecule has 3 aromatic carbocycles. The molecule has 0 radical (unpaired) electrons. The Bertz CT molecular complexity index is 1880. The summed E-state index contributed by atoms with van der Waals surface area (Å²) in [7, 11) is -0.446. The number of sulfonamides is 1. The van der Waals surface area contributed by atoms with E-state index in [1.807, 2.05) is 60.8 Å². The molecule has 1 aromatic heterocycles. The minimum Gasteiger partial charge on any atom is -0.493 e. The lowest BCUT2D eigenvalue weighted by atomic mass is 10.1. The SMILES string of the molecule is COc1ccc(CCN2C(=O)C(=Cc3cn(-c4ccccc4)nc3-c3cccc(S(=O)(=O)N4CCCC4)c3)SC2=S)cc1OC. The van der Waals surface area contributed by atoms with Gasteiger partial charge < -0.3 is 9.47 Å². The van der Waals surface area contributed by atoms with Crippen LogP contribution in [0.15, 0.2) is 88.8 Å². The van der Waals surface area contributed by atoms with Gasteiger partial charge in [0, 0.05) is 37.0 Å². The molecule has 12 heteroatoms. The molecule has 2 saturated heterocycles. The van der Waals surface area contributed by atoms with E-state index < -0.39 is 10.0 Å². The summed E-state index contributed by atoms with van der Waals surface area (Å²) in [5, 5.41) is 4.86. The molecule has 232 valence electrons. The van der Waals surface area contributed by atoms with Crippen molar-refractivity contribution in [3.63, 3.8) is 0 Å². The molecule has 0 aliphatic carbocycles. The Balaban J connectivity index is 1.31. The van der Waals surface area contributed by atoms with Crippen molar-refractivity contribution in [2.24, 2.45) is 0 Å². The highest BCUT2D eigenvalue weighted by Crippen LogP contribution is 2.36. The van der Waals surface area contributed by atoms with E-state index in [2.05, 4.69) is 0 Å². The van der Waals surface area contributed by atoms with Crippen molar-refractivity contribution in [1.29, 1.82) is 0 Å². The number of hydrogen-bond donors (Lipinski definition) is 0. The summed E-state index contributed by atoms with van der Waals surface area (Å²) < 4.78 is 41.2. The molecule has 0 unspecified atom stereocenters. The van der Waals surface area contributed by atoms with Gasteiger partial charge in [-0.2, -0.15) is 9.40 Å². The number of carbonyl (C=O) groups excluding carboxylic acids is 1. The highest BCUT2D eigenvalue weighted by molar-refractivity contribution is 8.26. The molecular weight excluding hydrogens is 629 g/mol. The number of para-hydroxylation sites is 1. The van der Waals surface area contributed by atoms with Gasteiger partial charge in [0.05, 0.1) is 29.7 Å². The summed E-state index contributed by atoms with van der Waals surface area (Å²) in [5.41, 5.74) is 3.70. The molecule has 2 fully saturated rings. The molecule has 0 N–H and O–H groups in total. The molecule has 3 heterocycles. The first kappa shape index (κ1) is 31.0. The number of rotatable bonds is 10. The van der Waals surface area contributed by atoms with E-state index in [9.17, 15) is 13.2 Å². The summed E-state index contributed by atoms with van der Waals surface area (Å²) >= 11 is 6.87. The standard InChI is InChI=1S/C33H32N4O5S3/c1-41-28-14-13-23(19-29(28)42-2)15-18-36-32(38)30(44-33(36)43)21-25-22-37(26-10-4-3-5-11-26)34-31(25)24-9-8-12-27(20-24)45(39,40)35-16-6-7-17-35/h3-5,8-14,19-22H,6-7,15-18H2,1-2H3. The van der Waals surface area contributed by atoms with Crippen LogP contribution in [0.1, 0.15) is 24.0 Å². The van der Waals surface area contributed by atoms with E-state index in [0.29, 0.717) is 63.6 Å². The number of methoxy groups -OCH3 is 2. The van der Waals surface area contributed by atoms with E-state index in [-0.39, 0.29) is 10.8 Å². The molecule has 2 aliphatic rings. The minimum atomic E-state index is -3.62. The Morgan fingerprint density at radius 3 is 2.44 bits per heavy atom. The van der Waals surface area contributed by atoms with Crippen LogP contribution in [0.2, 0.25) is 0 Å². The van der Waals surface area contributed by atoms with Gasteiger partial charge in [-0.25, -0.2) is 13.1 Å². The normalized spacial score (nSPS) is 16.6. The smallest absolute Gasteiger partial charge is 0.266 e. The summed E-state index contributed by atoms with van der Waals surface area (Å²) in [6, 6.07) is 22.2. The van der Waals surface area contributed by atoms with Gasteiger partial charge in [-0.3, -0.25) is 9.69 Å². The van der Waals surface area contributed by atoms with Crippen LogP contribution in [-0.2, 0) is 21.2 Å². The fourth-order valence-electron chi connectivity index (χ4n) is 5.42. The Morgan fingerprint density at radius 1 is 0.956 bits per heavy atom. The predicted molar refractivity (Wildman–Crippen MR) is 180 cm³/mol. The largest absolute Gasteiger partial charge is 0.493 e. The molecule has 6 rings (SSSR count). The maximum atomic E-state index is 13.6. The fourth-order valence-corrected chi connectivity index (χ4v) is 8.29. The first-order valence-electron chi connectivity index (χ1n) is 14.5. The van der Waals surface area contributed by atoms with Gasteiger partial charge in [-0.1, -0.05) is 60.4 Å². The van der Waals surface area contributed by atoms with Gasteiger partial charge >= 0.3 is 0 Å². The Morgan fingerprint density at radius 2 is 1.71 bits per heavy atom. The van der Waals surface area contributed by atoms with Gasteiger partial charge in [-0.15, -0.1) is 0 Å². The monoisotopic (exact) mass is 660 g/mol. The van der Waals surface area contributed by atoms with Crippen LogP contribution in [0.5, 0.6) is 11.5 Å². The Hall–Kier alpha value is -3.97. The first-order chi connectivity index (χ1) is 21.8. The highest BCUT2D eigenvalue weighted by atomic mass is 32.2. The summed E-state index contributed by atoms with van der Waals surface area (Å²) in [6.07, 6.45) is 5.94. The molecule has 0 bridgehead atoms. The van der Waals surface area contributed by atoms with Crippen molar-refractivity contribution in [3.05, 3.63) is 95.0 Å². The summed E-state index contributed by atoms with van der Waals surface area (Å²) in [5.74, 6) is 1.08. The highest BCUT2D eigenvalue weighted by Gasteiger charge is 2.32. The average Bonchev–Trinajstić information content (AvgIpc) is 3.81. The van der Waals surface area contributed by atoms with Gasteiger partial charge in [-0.05, 0) is 67.3 Å². The number of nitrogens with zero attached hydrogens (tertiary/aromatic N) is 4. The number of hydrogen-bond acceptors (Lipinski definition) is 8. The van der Waals surface area contributed by atoms with Crippen molar-refractivity contribution < 1.29 is 22.7 Å².